The van der Waals surface area contributed by atoms with Gasteiger partial charge in [0.1, 0.15) is 0 Å². The fourth-order valence-corrected chi connectivity index (χ4v) is 4.64. The van der Waals surface area contributed by atoms with Gasteiger partial charge in [0.05, 0.1) is 22.5 Å². The lowest BCUT2D eigenvalue weighted by atomic mass is 10.2. The molecule has 0 N–H and O–H groups in total. The van der Waals surface area contributed by atoms with Gasteiger partial charge < -0.3 is 0 Å². The summed E-state index contributed by atoms with van der Waals surface area (Å²) in [4.78, 5) is 0. The van der Waals surface area contributed by atoms with Crippen molar-refractivity contribution in [3.8, 4) is 0 Å². The van der Waals surface area contributed by atoms with Crippen molar-refractivity contribution < 1.29 is 16.8 Å². The molecule has 0 unspecified atom stereocenters. The maximum Gasteiger partial charge on any atom is 0.155 e. The van der Waals surface area contributed by atoms with E-state index in [1.54, 1.807) is 44.2 Å². The van der Waals surface area contributed by atoms with Crippen LogP contribution < -0.4 is 0 Å². The highest BCUT2D eigenvalue weighted by Crippen LogP contribution is 2.08. The third kappa shape index (κ3) is 4.78. The Kier molecular flexibility index (Phi) is 4.92. The highest BCUT2D eigenvalue weighted by Gasteiger charge is 2.21. The highest BCUT2D eigenvalue weighted by molar-refractivity contribution is 7.95. The Labute approximate surface area is 109 Å². The van der Waals surface area contributed by atoms with Gasteiger partial charge in [-0.2, -0.15) is 0 Å². The molecule has 4 nitrogen and oxygen atoms in total. The molecule has 1 rings (SSSR count). The summed E-state index contributed by atoms with van der Waals surface area (Å²) in [5.74, 6) is -0.732. The number of sulfone groups is 2. The minimum atomic E-state index is -3.38. The number of hydrogen-bond acceptors (Lipinski definition) is 4. The van der Waals surface area contributed by atoms with Crippen LogP contribution >= 0.6 is 0 Å². The quantitative estimate of drug-likeness (QED) is 0.794. The molecule has 0 bridgehead atoms. The largest absolute Gasteiger partial charge is 0.229 e. The van der Waals surface area contributed by atoms with Crippen molar-refractivity contribution in [3.63, 3.8) is 0 Å². The van der Waals surface area contributed by atoms with E-state index < -0.39 is 24.9 Å². The monoisotopic (exact) mass is 290 g/mol. The van der Waals surface area contributed by atoms with E-state index in [-0.39, 0.29) is 17.3 Å². The smallest absolute Gasteiger partial charge is 0.155 e. The third-order valence-electron chi connectivity index (χ3n) is 2.63. The Hall–Kier alpha value is -0.880. The van der Waals surface area contributed by atoms with Crippen molar-refractivity contribution >= 4 is 19.7 Å². The molecule has 0 heterocycles. The van der Waals surface area contributed by atoms with Gasteiger partial charge >= 0.3 is 0 Å². The SMILES string of the molecule is CC(C)S(=O)(=O)CCS(=O)(=O)Cc1ccccc1. The van der Waals surface area contributed by atoms with E-state index in [2.05, 4.69) is 0 Å². The second-order valence-electron chi connectivity index (χ2n) is 4.49. The number of rotatable bonds is 6. The summed E-state index contributed by atoms with van der Waals surface area (Å²) in [5, 5.41) is -0.538. The van der Waals surface area contributed by atoms with E-state index >= 15 is 0 Å². The van der Waals surface area contributed by atoms with Gasteiger partial charge in [-0.1, -0.05) is 30.3 Å². The van der Waals surface area contributed by atoms with Crippen molar-refractivity contribution in [2.24, 2.45) is 0 Å². The molecule has 0 fully saturated rings. The van der Waals surface area contributed by atoms with E-state index in [0.29, 0.717) is 5.56 Å². The minimum absolute atomic E-state index is 0.110. The Balaban J connectivity index is 2.68. The molecule has 0 saturated heterocycles. The minimum Gasteiger partial charge on any atom is -0.229 e. The fourth-order valence-electron chi connectivity index (χ4n) is 1.38. The number of benzene rings is 1. The lowest BCUT2D eigenvalue weighted by Gasteiger charge is -2.08. The van der Waals surface area contributed by atoms with Crippen molar-refractivity contribution in [1.82, 2.24) is 0 Å². The van der Waals surface area contributed by atoms with Crippen molar-refractivity contribution in [3.05, 3.63) is 35.9 Å². The molecule has 0 aliphatic rings. The molecule has 6 heteroatoms. The van der Waals surface area contributed by atoms with Gasteiger partial charge in [-0.05, 0) is 19.4 Å². The Bertz CT molecular complexity index is 572. The van der Waals surface area contributed by atoms with Gasteiger partial charge in [0.25, 0.3) is 0 Å². The first-order chi connectivity index (χ1) is 8.23. The molecule has 0 saturated carbocycles. The molecular weight excluding hydrogens is 272 g/mol. The van der Waals surface area contributed by atoms with Crippen LogP contribution in [0.25, 0.3) is 0 Å². The molecule has 0 amide bonds. The van der Waals surface area contributed by atoms with Crippen LogP contribution in [0.4, 0.5) is 0 Å². The average molecular weight is 290 g/mol. The second-order valence-corrected chi connectivity index (χ2v) is 9.35. The summed E-state index contributed by atoms with van der Waals surface area (Å²) in [6.45, 7) is 3.11. The Morgan fingerprint density at radius 2 is 1.50 bits per heavy atom. The second kappa shape index (κ2) is 5.84. The molecule has 0 aliphatic heterocycles. The maximum absolute atomic E-state index is 11.8. The van der Waals surface area contributed by atoms with Crippen LogP contribution in [0.3, 0.4) is 0 Å². The lowest BCUT2D eigenvalue weighted by molar-refractivity contribution is 0.582. The Morgan fingerprint density at radius 1 is 0.944 bits per heavy atom. The van der Waals surface area contributed by atoms with Crippen LogP contribution in [-0.2, 0) is 25.4 Å². The van der Waals surface area contributed by atoms with Crippen molar-refractivity contribution in [1.29, 1.82) is 0 Å². The predicted octanol–water partition coefficient (Wildman–Crippen LogP) is 1.42. The van der Waals surface area contributed by atoms with Gasteiger partial charge in [-0.25, -0.2) is 16.8 Å². The van der Waals surface area contributed by atoms with E-state index in [1.165, 1.54) is 0 Å². The first-order valence-electron chi connectivity index (χ1n) is 5.69. The van der Waals surface area contributed by atoms with Crippen LogP contribution in [0.5, 0.6) is 0 Å². The molecule has 0 aromatic heterocycles. The summed E-state index contributed by atoms with van der Waals surface area (Å²) < 4.78 is 46.7. The topological polar surface area (TPSA) is 68.3 Å². The lowest BCUT2D eigenvalue weighted by Crippen LogP contribution is -2.24. The predicted molar refractivity (Wildman–Crippen MR) is 72.9 cm³/mol. The normalized spacial score (nSPS) is 12.8. The summed E-state index contributed by atoms with van der Waals surface area (Å²) >= 11 is 0. The van der Waals surface area contributed by atoms with Gasteiger partial charge in [0.2, 0.25) is 0 Å². The van der Waals surface area contributed by atoms with Crippen LogP contribution in [0.15, 0.2) is 30.3 Å². The van der Waals surface area contributed by atoms with Crippen LogP contribution in [-0.4, -0.2) is 33.6 Å². The fraction of sp³-hybridized carbons (Fsp3) is 0.500. The molecule has 0 spiro atoms. The zero-order valence-corrected chi connectivity index (χ0v) is 12.2. The van der Waals surface area contributed by atoms with E-state index in [0.717, 1.165) is 0 Å². The molecule has 0 aliphatic carbocycles. The molecule has 1 aromatic rings. The Morgan fingerprint density at radius 3 is 2.00 bits per heavy atom. The summed E-state index contributed by atoms with van der Waals surface area (Å²) in [6.07, 6.45) is 0. The summed E-state index contributed by atoms with van der Waals surface area (Å²) in [5.41, 5.74) is 0.680. The molecular formula is C12H18O4S2. The van der Waals surface area contributed by atoms with Crippen molar-refractivity contribution in [2.75, 3.05) is 11.5 Å². The van der Waals surface area contributed by atoms with Crippen LogP contribution in [0.1, 0.15) is 19.4 Å². The third-order valence-corrected chi connectivity index (χ3v) is 6.69. The van der Waals surface area contributed by atoms with Gasteiger partial charge in [0, 0.05) is 0 Å². The maximum atomic E-state index is 11.8. The first-order valence-corrected chi connectivity index (χ1v) is 9.22. The molecule has 0 radical (unpaired) electrons. The van der Waals surface area contributed by atoms with Crippen LogP contribution in [0, 0.1) is 0 Å². The zero-order chi connectivity index (χ0) is 13.8. The van der Waals surface area contributed by atoms with Gasteiger partial charge in [-0.3, -0.25) is 0 Å². The summed E-state index contributed by atoms with van der Waals surface area (Å²) in [6, 6.07) is 8.76. The first kappa shape index (κ1) is 15.2. The van der Waals surface area contributed by atoms with Crippen molar-refractivity contribution in [2.45, 2.75) is 24.9 Å². The number of hydrogen-bond donors (Lipinski definition) is 0. The molecule has 1 aromatic carbocycles. The average Bonchev–Trinajstić information content (AvgIpc) is 2.27. The highest BCUT2D eigenvalue weighted by atomic mass is 32.2. The zero-order valence-electron chi connectivity index (χ0n) is 10.5. The van der Waals surface area contributed by atoms with E-state index in [4.69, 9.17) is 0 Å². The van der Waals surface area contributed by atoms with Crippen LogP contribution in [0.2, 0.25) is 0 Å². The van der Waals surface area contributed by atoms with E-state index in [9.17, 15) is 16.8 Å². The van der Waals surface area contributed by atoms with E-state index in [1.807, 2.05) is 0 Å². The van der Waals surface area contributed by atoms with Gasteiger partial charge in [0.15, 0.2) is 19.7 Å². The van der Waals surface area contributed by atoms with Gasteiger partial charge in [-0.15, -0.1) is 0 Å². The molecule has 102 valence electrons. The standard InChI is InChI=1S/C12H18O4S2/c1-11(2)18(15,16)9-8-17(13,14)10-12-6-4-3-5-7-12/h3-7,11H,8-10H2,1-2H3. The summed E-state index contributed by atoms with van der Waals surface area (Å²) in [7, 11) is -6.68. The molecule has 18 heavy (non-hydrogen) atoms. The molecule has 0 atom stereocenters.